The van der Waals surface area contributed by atoms with Gasteiger partial charge in [0.25, 0.3) is 0 Å². The number of aryl methyl sites for hydroxylation is 1. The van der Waals surface area contributed by atoms with Gasteiger partial charge in [-0.3, -0.25) is 4.79 Å². The first-order valence-corrected chi connectivity index (χ1v) is 12.8. The second kappa shape index (κ2) is 9.57. The highest BCUT2D eigenvalue weighted by Gasteiger charge is 2.29. The molecule has 0 aliphatic rings. The molecule has 176 valence electrons. The minimum atomic E-state index is -4.30. The van der Waals surface area contributed by atoms with E-state index in [4.69, 9.17) is 0 Å². The fourth-order valence-electron chi connectivity index (χ4n) is 2.77. The van der Waals surface area contributed by atoms with E-state index in [0.717, 1.165) is 17.3 Å². The van der Waals surface area contributed by atoms with E-state index in [0.29, 0.717) is 21.3 Å². The van der Waals surface area contributed by atoms with Crippen LogP contribution in [-0.2, 0) is 21.7 Å². The molecule has 8 nitrogen and oxygen atoms in total. The van der Waals surface area contributed by atoms with Gasteiger partial charge < -0.3 is 15.6 Å². The molecule has 0 saturated heterocycles. The molecule has 14 heteroatoms. The van der Waals surface area contributed by atoms with Gasteiger partial charge >= 0.3 is 5.51 Å². The number of carbonyl (C=O) groups is 1. The number of hydrogen-bond donors (Lipinski definition) is 2. The molecule has 3 N–H and O–H groups in total. The number of para-hydroxylation sites is 2. The first-order chi connectivity index (χ1) is 15.3. The number of imidazole rings is 1. The van der Waals surface area contributed by atoms with Crippen LogP contribution in [0.1, 0.15) is 0 Å². The second-order valence-corrected chi connectivity index (χ2v) is 11.2. The Morgan fingerprint density at radius 1 is 1.18 bits per heavy atom. The highest BCUT2D eigenvalue weighted by atomic mass is 32.2. The summed E-state index contributed by atoms with van der Waals surface area (Å²) in [4.78, 5) is 18.9. The normalized spacial score (nSPS) is 11.9. The standard InChI is InChI=1S/C16H11F3N4S2.C3H7NO3S/c1-23-12-5-3-2-4-10(12)20-14(23)22-15-21-11-7-6-9(8-13(11)24-15)25-16(17,18)19;1-8(6,7)2-3(4)5/h2-8H,1H3,(H,20,21,22);2H2,1H3,(H2,4,5). The summed E-state index contributed by atoms with van der Waals surface area (Å²) in [6, 6.07) is 12.3. The molecule has 0 aliphatic heterocycles. The molecule has 0 fully saturated rings. The Kier molecular flexibility index (Phi) is 7.19. The maximum absolute atomic E-state index is 12.5. The van der Waals surface area contributed by atoms with E-state index in [-0.39, 0.29) is 16.7 Å². The van der Waals surface area contributed by atoms with Crippen LogP contribution in [0.2, 0.25) is 0 Å². The van der Waals surface area contributed by atoms with E-state index in [1.54, 1.807) is 6.07 Å². The molecule has 0 bridgehead atoms. The molecular weight excluding hydrogens is 499 g/mol. The van der Waals surface area contributed by atoms with Crippen molar-refractivity contribution in [3.05, 3.63) is 42.5 Å². The lowest BCUT2D eigenvalue weighted by Crippen LogP contribution is -2.21. The van der Waals surface area contributed by atoms with Crippen molar-refractivity contribution in [2.75, 3.05) is 17.3 Å². The number of alkyl halides is 3. The third-order valence-electron chi connectivity index (χ3n) is 4.00. The van der Waals surface area contributed by atoms with Crippen molar-refractivity contribution < 1.29 is 26.4 Å². The Morgan fingerprint density at radius 2 is 1.88 bits per heavy atom. The lowest BCUT2D eigenvalue weighted by Gasteiger charge is -2.04. The number of anilines is 2. The lowest BCUT2D eigenvalue weighted by molar-refractivity contribution is -0.115. The van der Waals surface area contributed by atoms with Crippen LogP contribution in [0.3, 0.4) is 0 Å². The van der Waals surface area contributed by atoms with Gasteiger partial charge in [0.2, 0.25) is 11.9 Å². The number of primary amides is 1. The number of hydrogen-bond acceptors (Lipinski definition) is 8. The largest absolute Gasteiger partial charge is 0.446 e. The highest BCUT2D eigenvalue weighted by molar-refractivity contribution is 8.00. The van der Waals surface area contributed by atoms with Crippen molar-refractivity contribution in [1.29, 1.82) is 0 Å². The number of amides is 1. The zero-order valence-electron chi connectivity index (χ0n) is 17.3. The molecule has 0 aliphatic carbocycles. The monoisotopic (exact) mass is 517 g/mol. The zero-order chi connectivity index (χ0) is 24.4. The van der Waals surface area contributed by atoms with Gasteiger partial charge in [0.05, 0.1) is 21.3 Å². The van der Waals surface area contributed by atoms with Crippen molar-refractivity contribution in [3.63, 3.8) is 0 Å². The van der Waals surface area contributed by atoms with Gasteiger partial charge in [-0.05, 0) is 42.1 Å². The summed E-state index contributed by atoms with van der Waals surface area (Å²) in [7, 11) is -1.31. The van der Waals surface area contributed by atoms with Gasteiger partial charge in [-0.2, -0.15) is 13.2 Å². The number of benzene rings is 2. The number of fused-ring (bicyclic) bond motifs is 2. The van der Waals surface area contributed by atoms with E-state index in [2.05, 4.69) is 21.0 Å². The minimum absolute atomic E-state index is 0.124. The number of nitrogens with one attached hydrogen (secondary N) is 1. The van der Waals surface area contributed by atoms with Crippen LogP contribution in [0.15, 0.2) is 47.4 Å². The quantitative estimate of drug-likeness (QED) is 0.383. The molecule has 2 aromatic carbocycles. The van der Waals surface area contributed by atoms with E-state index in [1.165, 1.54) is 23.5 Å². The zero-order valence-corrected chi connectivity index (χ0v) is 19.7. The predicted octanol–water partition coefficient (Wildman–Crippen LogP) is 4.05. The number of aromatic nitrogens is 3. The summed E-state index contributed by atoms with van der Waals surface area (Å²) >= 11 is 1.17. The summed E-state index contributed by atoms with van der Waals surface area (Å²) in [5, 5.41) is 3.73. The molecule has 0 spiro atoms. The molecule has 1 amide bonds. The van der Waals surface area contributed by atoms with Gasteiger partial charge in [-0.1, -0.05) is 23.5 Å². The van der Waals surface area contributed by atoms with Crippen LogP contribution in [0.25, 0.3) is 21.3 Å². The number of rotatable bonds is 5. The van der Waals surface area contributed by atoms with Crippen molar-refractivity contribution in [3.8, 4) is 0 Å². The van der Waals surface area contributed by atoms with Crippen molar-refractivity contribution in [1.82, 2.24) is 14.5 Å². The number of carbonyl (C=O) groups excluding carboxylic acids is 1. The highest BCUT2D eigenvalue weighted by Crippen LogP contribution is 2.39. The van der Waals surface area contributed by atoms with Crippen molar-refractivity contribution in [2.45, 2.75) is 10.4 Å². The predicted molar refractivity (Wildman–Crippen MR) is 124 cm³/mol. The smallest absolute Gasteiger partial charge is 0.369 e. The average molecular weight is 518 g/mol. The summed E-state index contributed by atoms with van der Waals surface area (Å²) in [6.45, 7) is 0. The van der Waals surface area contributed by atoms with Gasteiger partial charge in [-0.25, -0.2) is 18.4 Å². The molecule has 2 heterocycles. The van der Waals surface area contributed by atoms with Crippen LogP contribution in [0.5, 0.6) is 0 Å². The summed E-state index contributed by atoms with van der Waals surface area (Å²) in [5.41, 5.74) is 2.75. The Morgan fingerprint density at radius 3 is 2.45 bits per heavy atom. The van der Waals surface area contributed by atoms with Crippen molar-refractivity contribution in [2.24, 2.45) is 12.8 Å². The molecule has 0 radical (unpaired) electrons. The topological polar surface area (TPSA) is 120 Å². The summed E-state index contributed by atoms with van der Waals surface area (Å²) < 4.78 is 60.4. The third-order valence-corrected chi connectivity index (χ3v) is 6.47. The van der Waals surface area contributed by atoms with E-state index in [9.17, 15) is 26.4 Å². The maximum Gasteiger partial charge on any atom is 0.446 e. The Balaban J connectivity index is 0.000000331. The van der Waals surface area contributed by atoms with Gasteiger partial charge in [0.1, 0.15) is 5.75 Å². The van der Waals surface area contributed by atoms with Gasteiger partial charge in [0.15, 0.2) is 15.0 Å². The number of nitrogens with zero attached hydrogens (tertiary/aromatic N) is 3. The molecule has 2 aromatic heterocycles. The number of halogens is 3. The maximum atomic E-state index is 12.5. The number of thioether (sulfide) groups is 1. The minimum Gasteiger partial charge on any atom is -0.369 e. The summed E-state index contributed by atoms with van der Waals surface area (Å²) in [5.74, 6) is -0.745. The fraction of sp³-hybridized carbons (Fsp3) is 0.211. The Bertz CT molecular complexity index is 1410. The molecule has 33 heavy (non-hydrogen) atoms. The average Bonchev–Trinajstić information content (AvgIpc) is 3.19. The van der Waals surface area contributed by atoms with E-state index >= 15 is 0 Å². The molecular formula is C19H18F3N5O3S3. The van der Waals surface area contributed by atoms with Crippen LogP contribution in [-0.4, -0.2) is 46.4 Å². The molecule has 0 unspecified atom stereocenters. The van der Waals surface area contributed by atoms with Crippen LogP contribution in [0.4, 0.5) is 24.3 Å². The first-order valence-electron chi connectivity index (χ1n) is 9.11. The van der Waals surface area contributed by atoms with Crippen LogP contribution < -0.4 is 11.1 Å². The van der Waals surface area contributed by atoms with E-state index < -0.39 is 27.0 Å². The number of nitrogens with two attached hydrogens (primary N) is 1. The SMILES string of the molecule is CS(=O)(=O)CC(N)=O.Cn1c(Nc2nc3ccc(SC(F)(F)F)cc3s2)nc2ccccc21. The fourth-order valence-corrected chi connectivity index (χ4v) is 4.84. The van der Waals surface area contributed by atoms with Gasteiger partial charge in [-0.15, -0.1) is 0 Å². The van der Waals surface area contributed by atoms with Crippen LogP contribution in [0, 0.1) is 0 Å². The van der Waals surface area contributed by atoms with Crippen LogP contribution >= 0.6 is 23.1 Å². The van der Waals surface area contributed by atoms with Gasteiger partial charge in [0, 0.05) is 18.2 Å². The molecule has 4 rings (SSSR count). The Hall–Kier alpha value is -2.84. The van der Waals surface area contributed by atoms with Crippen molar-refractivity contribution >= 4 is 71.2 Å². The molecule has 0 saturated carbocycles. The molecule has 0 atom stereocenters. The number of thiazole rings is 1. The first kappa shape index (κ1) is 24.8. The summed E-state index contributed by atoms with van der Waals surface area (Å²) in [6.07, 6.45) is 0.956. The lowest BCUT2D eigenvalue weighted by atomic mass is 10.3. The Labute approximate surface area is 194 Å². The number of sulfone groups is 1. The second-order valence-electron chi connectivity index (χ2n) is 6.84. The van der Waals surface area contributed by atoms with E-state index in [1.807, 2.05) is 35.9 Å². The molecule has 4 aromatic rings. The third kappa shape index (κ3) is 7.07.